The minimum absolute atomic E-state index is 0.0974. The number of ether oxygens (including phenoxy) is 1. The maximum Gasteiger partial charge on any atom is 0.245 e. The van der Waals surface area contributed by atoms with Gasteiger partial charge in [-0.15, -0.1) is 0 Å². The number of aryl methyl sites for hydroxylation is 2. The normalized spacial score (nSPS) is 10.1. The summed E-state index contributed by atoms with van der Waals surface area (Å²) in [4.78, 5) is 10.9. The second kappa shape index (κ2) is 5.51. The standard InChI is InChI=1S/C12H17NO2/c1-9-4-5-11(10(2)6-9)7-15-8-12(14)13-3/h4-6H,7-8H2,1-3H3,(H,13,14). The lowest BCUT2D eigenvalue weighted by atomic mass is 10.1. The first-order valence-electron chi connectivity index (χ1n) is 4.98. The Bertz CT molecular complexity index is 347. The van der Waals surface area contributed by atoms with Gasteiger partial charge in [-0.1, -0.05) is 23.8 Å². The molecule has 3 nitrogen and oxygen atoms in total. The van der Waals surface area contributed by atoms with E-state index in [2.05, 4.69) is 18.3 Å². The zero-order valence-electron chi connectivity index (χ0n) is 9.46. The van der Waals surface area contributed by atoms with E-state index in [1.54, 1.807) is 7.05 Å². The van der Waals surface area contributed by atoms with Crippen molar-refractivity contribution in [2.24, 2.45) is 0 Å². The van der Waals surface area contributed by atoms with Gasteiger partial charge in [-0.3, -0.25) is 4.79 Å². The number of nitrogens with one attached hydrogen (secondary N) is 1. The summed E-state index contributed by atoms with van der Waals surface area (Å²) in [5.41, 5.74) is 3.57. The first-order valence-corrected chi connectivity index (χ1v) is 4.98. The molecular formula is C12H17NO2. The van der Waals surface area contributed by atoms with Crippen molar-refractivity contribution in [2.75, 3.05) is 13.7 Å². The topological polar surface area (TPSA) is 38.3 Å². The van der Waals surface area contributed by atoms with E-state index < -0.39 is 0 Å². The molecule has 1 rings (SSSR count). The average Bonchev–Trinajstić information content (AvgIpc) is 2.21. The molecule has 0 atom stereocenters. The summed E-state index contributed by atoms with van der Waals surface area (Å²) in [5, 5.41) is 2.51. The SMILES string of the molecule is CNC(=O)COCc1ccc(C)cc1C. The predicted molar refractivity (Wildman–Crippen MR) is 59.6 cm³/mol. The van der Waals surface area contributed by atoms with E-state index in [1.165, 1.54) is 11.1 Å². The quantitative estimate of drug-likeness (QED) is 0.813. The van der Waals surface area contributed by atoms with Crippen LogP contribution in [0.15, 0.2) is 18.2 Å². The Morgan fingerprint density at radius 3 is 2.73 bits per heavy atom. The van der Waals surface area contributed by atoms with Crippen LogP contribution in [-0.4, -0.2) is 19.6 Å². The Kier molecular flexibility index (Phi) is 4.31. The van der Waals surface area contributed by atoms with E-state index in [1.807, 2.05) is 19.1 Å². The Morgan fingerprint density at radius 1 is 1.40 bits per heavy atom. The molecule has 3 heteroatoms. The van der Waals surface area contributed by atoms with Crippen LogP contribution in [0.5, 0.6) is 0 Å². The van der Waals surface area contributed by atoms with Crippen LogP contribution in [0.4, 0.5) is 0 Å². The van der Waals surface area contributed by atoms with Crippen molar-refractivity contribution < 1.29 is 9.53 Å². The molecule has 1 aromatic carbocycles. The molecule has 0 saturated heterocycles. The lowest BCUT2D eigenvalue weighted by molar-refractivity contribution is -0.125. The van der Waals surface area contributed by atoms with Crippen molar-refractivity contribution in [3.8, 4) is 0 Å². The van der Waals surface area contributed by atoms with Gasteiger partial charge in [0, 0.05) is 7.05 Å². The van der Waals surface area contributed by atoms with Gasteiger partial charge in [0.2, 0.25) is 5.91 Å². The number of likely N-dealkylation sites (N-methyl/N-ethyl adjacent to an activating group) is 1. The number of amides is 1. The van der Waals surface area contributed by atoms with Crippen LogP contribution in [0.2, 0.25) is 0 Å². The maximum atomic E-state index is 10.9. The average molecular weight is 207 g/mol. The van der Waals surface area contributed by atoms with Gasteiger partial charge in [0.05, 0.1) is 6.61 Å². The summed E-state index contributed by atoms with van der Waals surface area (Å²) in [5.74, 6) is -0.0974. The second-order valence-corrected chi connectivity index (χ2v) is 3.60. The molecule has 0 aliphatic rings. The van der Waals surface area contributed by atoms with Crippen LogP contribution >= 0.6 is 0 Å². The van der Waals surface area contributed by atoms with Crippen molar-refractivity contribution in [2.45, 2.75) is 20.5 Å². The molecule has 0 spiro atoms. The molecule has 0 radical (unpaired) electrons. The molecule has 1 amide bonds. The molecule has 0 bridgehead atoms. The summed E-state index contributed by atoms with van der Waals surface area (Å²) < 4.78 is 5.28. The maximum absolute atomic E-state index is 10.9. The monoisotopic (exact) mass is 207 g/mol. The molecule has 0 aromatic heterocycles. The molecule has 1 aromatic rings. The third-order valence-electron chi connectivity index (χ3n) is 2.27. The Balaban J connectivity index is 2.47. The molecule has 1 N–H and O–H groups in total. The fraction of sp³-hybridized carbons (Fsp3) is 0.417. The van der Waals surface area contributed by atoms with Gasteiger partial charge in [0.1, 0.15) is 6.61 Å². The second-order valence-electron chi connectivity index (χ2n) is 3.60. The van der Waals surface area contributed by atoms with Crippen molar-refractivity contribution in [3.63, 3.8) is 0 Å². The highest BCUT2D eigenvalue weighted by Crippen LogP contribution is 2.11. The zero-order valence-corrected chi connectivity index (χ0v) is 9.46. The van der Waals surface area contributed by atoms with Gasteiger partial charge in [0.15, 0.2) is 0 Å². The molecule has 0 unspecified atom stereocenters. The van der Waals surface area contributed by atoms with E-state index >= 15 is 0 Å². The smallest absolute Gasteiger partial charge is 0.245 e. The van der Waals surface area contributed by atoms with Gasteiger partial charge in [-0.2, -0.15) is 0 Å². The molecular weight excluding hydrogens is 190 g/mol. The molecule has 0 aliphatic carbocycles. The molecule has 82 valence electrons. The van der Waals surface area contributed by atoms with Gasteiger partial charge < -0.3 is 10.1 Å². The van der Waals surface area contributed by atoms with Gasteiger partial charge in [0.25, 0.3) is 0 Å². The number of hydrogen-bond donors (Lipinski definition) is 1. The summed E-state index contributed by atoms with van der Waals surface area (Å²) in [6, 6.07) is 6.19. The van der Waals surface area contributed by atoms with E-state index in [0.717, 1.165) is 5.56 Å². The van der Waals surface area contributed by atoms with Gasteiger partial charge in [-0.05, 0) is 25.0 Å². The number of rotatable bonds is 4. The Labute approximate surface area is 90.4 Å². The van der Waals surface area contributed by atoms with Crippen molar-refractivity contribution in [3.05, 3.63) is 34.9 Å². The van der Waals surface area contributed by atoms with Gasteiger partial charge in [-0.25, -0.2) is 0 Å². The van der Waals surface area contributed by atoms with E-state index in [0.29, 0.717) is 6.61 Å². The highest BCUT2D eigenvalue weighted by atomic mass is 16.5. The summed E-state index contributed by atoms with van der Waals surface area (Å²) >= 11 is 0. The van der Waals surface area contributed by atoms with Crippen LogP contribution in [0.3, 0.4) is 0 Å². The number of carbonyl (C=O) groups excluding carboxylic acids is 1. The lowest BCUT2D eigenvalue weighted by Crippen LogP contribution is -2.23. The largest absolute Gasteiger partial charge is 0.367 e. The van der Waals surface area contributed by atoms with E-state index in [9.17, 15) is 4.79 Å². The lowest BCUT2D eigenvalue weighted by Gasteiger charge is -2.07. The summed E-state index contributed by atoms with van der Waals surface area (Å²) in [6.45, 7) is 4.71. The minimum atomic E-state index is -0.0974. The predicted octanol–water partition coefficient (Wildman–Crippen LogP) is 1.57. The fourth-order valence-corrected chi connectivity index (χ4v) is 1.33. The third kappa shape index (κ3) is 3.72. The van der Waals surface area contributed by atoms with E-state index in [-0.39, 0.29) is 12.5 Å². The first-order chi connectivity index (χ1) is 7.13. The minimum Gasteiger partial charge on any atom is -0.367 e. The zero-order chi connectivity index (χ0) is 11.3. The number of hydrogen-bond acceptors (Lipinski definition) is 2. The van der Waals surface area contributed by atoms with Crippen LogP contribution < -0.4 is 5.32 Å². The number of benzene rings is 1. The van der Waals surface area contributed by atoms with Crippen LogP contribution in [0, 0.1) is 13.8 Å². The highest BCUT2D eigenvalue weighted by Gasteiger charge is 2.01. The number of carbonyl (C=O) groups is 1. The third-order valence-corrected chi connectivity index (χ3v) is 2.27. The molecule has 15 heavy (non-hydrogen) atoms. The van der Waals surface area contributed by atoms with Crippen LogP contribution in [0.25, 0.3) is 0 Å². The highest BCUT2D eigenvalue weighted by molar-refractivity contribution is 5.76. The molecule has 0 heterocycles. The van der Waals surface area contributed by atoms with E-state index in [4.69, 9.17) is 4.74 Å². The van der Waals surface area contributed by atoms with Gasteiger partial charge >= 0.3 is 0 Å². The molecule has 0 saturated carbocycles. The molecule has 0 fully saturated rings. The Morgan fingerprint density at radius 2 is 2.13 bits per heavy atom. The fourth-order valence-electron chi connectivity index (χ4n) is 1.33. The first kappa shape index (κ1) is 11.7. The van der Waals surface area contributed by atoms with Crippen molar-refractivity contribution in [1.29, 1.82) is 0 Å². The van der Waals surface area contributed by atoms with Crippen LogP contribution in [-0.2, 0) is 16.1 Å². The van der Waals surface area contributed by atoms with Crippen molar-refractivity contribution in [1.82, 2.24) is 5.32 Å². The van der Waals surface area contributed by atoms with Crippen molar-refractivity contribution >= 4 is 5.91 Å². The molecule has 0 aliphatic heterocycles. The Hall–Kier alpha value is -1.35. The summed E-state index contributed by atoms with van der Waals surface area (Å²) in [6.07, 6.45) is 0. The van der Waals surface area contributed by atoms with Crippen LogP contribution in [0.1, 0.15) is 16.7 Å². The summed E-state index contributed by atoms with van der Waals surface area (Å²) in [7, 11) is 1.60.